The molecule has 3 unspecified atom stereocenters. The van der Waals surface area contributed by atoms with Gasteiger partial charge in [0.25, 0.3) is 0 Å². The van der Waals surface area contributed by atoms with Crippen LogP contribution < -0.4 is 0 Å². The van der Waals surface area contributed by atoms with E-state index in [0.29, 0.717) is 0 Å². The molecule has 0 radical (unpaired) electrons. The highest BCUT2D eigenvalue weighted by Crippen LogP contribution is 2.37. The van der Waals surface area contributed by atoms with Gasteiger partial charge in [-0.15, -0.1) is 0 Å². The number of halogens is 1. The maximum absolute atomic E-state index is 2.55. The van der Waals surface area contributed by atoms with E-state index in [1.807, 2.05) is 0 Å². The summed E-state index contributed by atoms with van der Waals surface area (Å²) in [7, 11) is 0. The Kier molecular flexibility index (Phi) is 7.98. The Morgan fingerprint density at radius 3 is 2.40 bits per heavy atom. The summed E-state index contributed by atoms with van der Waals surface area (Å²) < 4.78 is 1.35. The molecule has 0 aromatic heterocycles. The molecule has 2 aliphatic carbocycles. The summed E-state index contributed by atoms with van der Waals surface area (Å²) in [6.07, 6.45) is 21.2. The Hall–Kier alpha value is 0.470. The average molecular weight is 388 g/mol. The third kappa shape index (κ3) is 5.69. The molecule has 0 saturated heterocycles. The molecule has 20 heavy (non-hydrogen) atoms. The Bertz CT molecular complexity index is 277. The minimum atomic E-state index is 0.812. The van der Waals surface area contributed by atoms with Gasteiger partial charge in [0.15, 0.2) is 0 Å². The van der Waals surface area contributed by atoms with Crippen molar-refractivity contribution in [2.75, 3.05) is 4.43 Å². The molecule has 3 atom stereocenters. The Labute approximate surface area is 140 Å². The van der Waals surface area contributed by atoms with Gasteiger partial charge in [0.05, 0.1) is 0 Å². The van der Waals surface area contributed by atoms with Crippen molar-refractivity contribution in [3.05, 3.63) is 12.2 Å². The standard InChI is InChI=1S/C19H33I/c1-16(15-17-8-3-4-9-17)7-2-5-10-18-11-6-12-19(18)13-14-20/h2,7,16-19H,3-6,8-15H2,1H3/b7-2+. The molecule has 2 fully saturated rings. The first-order valence-electron chi connectivity index (χ1n) is 9.02. The summed E-state index contributed by atoms with van der Waals surface area (Å²) in [6, 6.07) is 0. The van der Waals surface area contributed by atoms with Crippen molar-refractivity contribution in [2.24, 2.45) is 23.7 Å². The predicted octanol–water partition coefficient (Wildman–Crippen LogP) is 6.78. The van der Waals surface area contributed by atoms with Crippen LogP contribution in [-0.4, -0.2) is 4.43 Å². The number of hydrogen-bond donors (Lipinski definition) is 0. The van der Waals surface area contributed by atoms with Crippen molar-refractivity contribution in [3.63, 3.8) is 0 Å². The molecule has 0 nitrogen and oxygen atoms in total. The second-order valence-corrected chi connectivity index (χ2v) is 8.38. The second kappa shape index (κ2) is 9.48. The van der Waals surface area contributed by atoms with Crippen LogP contribution >= 0.6 is 22.6 Å². The summed E-state index contributed by atoms with van der Waals surface area (Å²) in [5.41, 5.74) is 0. The van der Waals surface area contributed by atoms with Crippen molar-refractivity contribution in [2.45, 2.75) is 77.6 Å². The quantitative estimate of drug-likeness (QED) is 0.244. The molecule has 2 saturated carbocycles. The lowest BCUT2D eigenvalue weighted by Gasteiger charge is -2.18. The number of alkyl halides is 1. The van der Waals surface area contributed by atoms with E-state index >= 15 is 0 Å². The zero-order chi connectivity index (χ0) is 14.2. The SMILES string of the molecule is CC(/C=C/CCC1CCCC1CCI)CC1CCCC1. The molecular formula is C19H33I. The third-order valence-corrected chi connectivity index (χ3v) is 6.27. The van der Waals surface area contributed by atoms with Crippen LogP contribution in [0.3, 0.4) is 0 Å². The molecular weight excluding hydrogens is 355 g/mol. The summed E-state index contributed by atoms with van der Waals surface area (Å²) >= 11 is 2.55. The van der Waals surface area contributed by atoms with E-state index in [1.54, 1.807) is 0 Å². The normalized spacial score (nSPS) is 29.5. The van der Waals surface area contributed by atoms with E-state index in [9.17, 15) is 0 Å². The van der Waals surface area contributed by atoms with E-state index in [1.165, 1.54) is 75.1 Å². The van der Waals surface area contributed by atoms with Gasteiger partial charge in [-0.25, -0.2) is 0 Å². The first-order chi connectivity index (χ1) is 9.79. The van der Waals surface area contributed by atoms with Crippen molar-refractivity contribution >= 4 is 22.6 Å². The molecule has 0 amide bonds. The minimum absolute atomic E-state index is 0.812. The Morgan fingerprint density at radius 1 is 1.00 bits per heavy atom. The average Bonchev–Trinajstić information content (AvgIpc) is 3.07. The molecule has 0 spiro atoms. The fourth-order valence-corrected chi connectivity index (χ4v) is 5.30. The molecule has 1 heteroatoms. The van der Waals surface area contributed by atoms with E-state index in [-0.39, 0.29) is 0 Å². The van der Waals surface area contributed by atoms with Crippen LogP contribution in [0.15, 0.2) is 12.2 Å². The molecule has 0 aromatic rings. The summed E-state index contributed by atoms with van der Waals surface area (Å²) in [4.78, 5) is 0. The lowest BCUT2D eigenvalue weighted by atomic mass is 9.89. The third-order valence-electron chi connectivity index (χ3n) is 5.64. The highest BCUT2D eigenvalue weighted by molar-refractivity contribution is 14.1. The molecule has 2 aliphatic rings. The van der Waals surface area contributed by atoms with Gasteiger partial charge in [0, 0.05) is 0 Å². The molecule has 0 N–H and O–H groups in total. The smallest absolute Gasteiger partial charge is 0.000199 e. The second-order valence-electron chi connectivity index (χ2n) is 7.30. The molecule has 0 bridgehead atoms. The first-order valence-corrected chi connectivity index (χ1v) is 10.5. The molecule has 2 rings (SSSR count). The van der Waals surface area contributed by atoms with Crippen LogP contribution in [0.4, 0.5) is 0 Å². The lowest BCUT2D eigenvalue weighted by Crippen LogP contribution is -2.08. The zero-order valence-corrected chi connectivity index (χ0v) is 15.5. The van der Waals surface area contributed by atoms with Crippen molar-refractivity contribution in [1.29, 1.82) is 0 Å². The van der Waals surface area contributed by atoms with Crippen LogP contribution in [-0.2, 0) is 0 Å². The number of allylic oxidation sites excluding steroid dienone is 2. The fourth-order valence-electron chi connectivity index (χ4n) is 4.50. The molecule has 116 valence electrons. The minimum Gasteiger partial charge on any atom is -0.0883 e. The van der Waals surface area contributed by atoms with Gasteiger partial charge in [-0.2, -0.15) is 0 Å². The Balaban J connectivity index is 1.60. The van der Waals surface area contributed by atoms with E-state index in [4.69, 9.17) is 0 Å². The van der Waals surface area contributed by atoms with E-state index in [0.717, 1.165) is 23.7 Å². The maximum Gasteiger partial charge on any atom is -0.000199 e. The van der Waals surface area contributed by atoms with Gasteiger partial charge >= 0.3 is 0 Å². The van der Waals surface area contributed by atoms with E-state index < -0.39 is 0 Å². The Morgan fingerprint density at radius 2 is 1.70 bits per heavy atom. The summed E-state index contributed by atoms with van der Waals surface area (Å²) in [5.74, 6) is 3.94. The molecule has 0 heterocycles. The maximum atomic E-state index is 2.55. The van der Waals surface area contributed by atoms with Gasteiger partial charge in [-0.1, -0.05) is 86.6 Å². The highest BCUT2D eigenvalue weighted by Gasteiger charge is 2.25. The van der Waals surface area contributed by atoms with E-state index in [2.05, 4.69) is 41.7 Å². The van der Waals surface area contributed by atoms with Gasteiger partial charge in [0.2, 0.25) is 0 Å². The number of hydrogen-bond acceptors (Lipinski definition) is 0. The van der Waals surface area contributed by atoms with Gasteiger partial charge in [-0.05, 0) is 53.8 Å². The monoisotopic (exact) mass is 388 g/mol. The van der Waals surface area contributed by atoms with Crippen LogP contribution in [0.25, 0.3) is 0 Å². The van der Waals surface area contributed by atoms with Gasteiger partial charge in [0.1, 0.15) is 0 Å². The summed E-state index contributed by atoms with van der Waals surface area (Å²) in [6.45, 7) is 2.42. The van der Waals surface area contributed by atoms with Gasteiger partial charge in [-0.3, -0.25) is 0 Å². The zero-order valence-electron chi connectivity index (χ0n) is 13.3. The van der Waals surface area contributed by atoms with Crippen molar-refractivity contribution in [3.8, 4) is 0 Å². The van der Waals surface area contributed by atoms with Crippen LogP contribution in [0, 0.1) is 23.7 Å². The molecule has 0 aliphatic heterocycles. The number of rotatable bonds is 8. The van der Waals surface area contributed by atoms with Crippen molar-refractivity contribution in [1.82, 2.24) is 0 Å². The topological polar surface area (TPSA) is 0 Å². The highest BCUT2D eigenvalue weighted by atomic mass is 127. The van der Waals surface area contributed by atoms with Crippen LogP contribution in [0.1, 0.15) is 77.6 Å². The van der Waals surface area contributed by atoms with Crippen LogP contribution in [0.2, 0.25) is 0 Å². The van der Waals surface area contributed by atoms with Gasteiger partial charge < -0.3 is 0 Å². The predicted molar refractivity (Wildman–Crippen MR) is 98.4 cm³/mol. The summed E-state index contributed by atoms with van der Waals surface area (Å²) in [5, 5.41) is 0. The molecule has 0 aromatic carbocycles. The van der Waals surface area contributed by atoms with Crippen LogP contribution in [0.5, 0.6) is 0 Å². The van der Waals surface area contributed by atoms with Crippen molar-refractivity contribution < 1.29 is 0 Å². The lowest BCUT2D eigenvalue weighted by molar-refractivity contribution is 0.360. The largest absolute Gasteiger partial charge is 0.0883 e. The fraction of sp³-hybridized carbons (Fsp3) is 0.895. The first kappa shape index (κ1) is 16.8.